The monoisotopic (exact) mass is 285 g/mol. The Morgan fingerprint density at radius 1 is 1.47 bits per heavy atom. The fraction of sp³-hybridized carbons (Fsp3) is 0.286. The fourth-order valence-corrected chi connectivity index (χ4v) is 1.74. The van der Waals surface area contributed by atoms with Crippen molar-refractivity contribution in [2.75, 3.05) is 7.11 Å². The van der Waals surface area contributed by atoms with E-state index in [2.05, 4.69) is 30.5 Å². The normalized spacial score (nSPS) is 10.4. The van der Waals surface area contributed by atoms with E-state index < -0.39 is 17.2 Å². The maximum Gasteiger partial charge on any atom is 0.342 e. The third kappa shape index (κ3) is 3.04. The van der Waals surface area contributed by atoms with Crippen LogP contribution in [0.25, 0.3) is 0 Å². The molecule has 2 aromatic rings. The van der Waals surface area contributed by atoms with Crippen molar-refractivity contribution in [3.63, 3.8) is 0 Å². The van der Waals surface area contributed by atoms with E-state index in [1.54, 1.807) is 0 Å². The summed E-state index contributed by atoms with van der Waals surface area (Å²) in [6.07, 6.45) is 0. The Kier molecular flexibility index (Phi) is 3.70. The van der Waals surface area contributed by atoms with Crippen molar-refractivity contribution >= 4 is 17.7 Å². The molecule has 0 spiro atoms. The number of aromatic amines is 2. The van der Waals surface area contributed by atoms with Crippen molar-refractivity contribution in [1.29, 1.82) is 0 Å². The second kappa shape index (κ2) is 5.43. The predicted molar refractivity (Wildman–Crippen MR) is 59.4 cm³/mol. The van der Waals surface area contributed by atoms with Gasteiger partial charge < -0.3 is 4.74 Å². The van der Waals surface area contributed by atoms with Gasteiger partial charge in [0.1, 0.15) is 6.54 Å². The van der Waals surface area contributed by atoms with Crippen LogP contribution in [0.5, 0.6) is 0 Å². The standard InChI is InChI=1S/C7H7N7O4S/c1-18-3(15)2-14-7(11-12-13-14)19-5-4(16)8-6(17)10-9-5/h2H2,1H3,(H2,8,10,16,17). The minimum absolute atomic E-state index is 0.0551. The highest BCUT2D eigenvalue weighted by Gasteiger charge is 2.14. The molecule has 0 atom stereocenters. The van der Waals surface area contributed by atoms with Gasteiger partial charge in [-0.2, -0.15) is 5.10 Å². The summed E-state index contributed by atoms with van der Waals surface area (Å²) in [5.41, 5.74) is -1.40. The lowest BCUT2D eigenvalue weighted by Crippen LogP contribution is -2.25. The first kappa shape index (κ1) is 12.9. The van der Waals surface area contributed by atoms with Crippen molar-refractivity contribution < 1.29 is 9.53 Å². The number of aromatic nitrogens is 7. The van der Waals surface area contributed by atoms with E-state index in [0.29, 0.717) is 0 Å². The van der Waals surface area contributed by atoms with Crippen LogP contribution in [0, 0.1) is 0 Å². The summed E-state index contributed by atoms with van der Waals surface area (Å²) in [5, 5.41) is 16.3. The van der Waals surface area contributed by atoms with E-state index >= 15 is 0 Å². The number of methoxy groups -OCH3 is 1. The van der Waals surface area contributed by atoms with Gasteiger partial charge in [-0.05, 0) is 22.2 Å². The molecule has 100 valence electrons. The average molecular weight is 285 g/mol. The second-order valence-electron chi connectivity index (χ2n) is 3.11. The van der Waals surface area contributed by atoms with Crippen LogP contribution in [0.3, 0.4) is 0 Å². The van der Waals surface area contributed by atoms with Crippen LogP contribution in [0.15, 0.2) is 19.8 Å². The minimum atomic E-state index is -0.719. The number of H-pyrrole nitrogens is 2. The second-order valence-corrected chi connectivity index (χ2v) is 4.07. The molecule has 0 radical (unpaired) electrons. The predicted octanol–water partition coefficient (Wildman–Crippen LogP) is -2.23. The molecule has 0 saturated heterocycles. The van der Waals surface area contributed by atoms with Crippen molar-refractivity contribution in [2.24, 2.45) is 0 Å². The maximum absolute atomic E-state index is 11.4. The zero-order valence-electron chi connectivity index (χ0n) is 9.48. The average Bonchev–Trinajstić information content (AvgIpc) is 2.80. The molecule has 0 aliphatic heterocycles. The van der Waals surface area contributed by atoms with Gasteiger partial charge in [0, 0.05) is 0 Å². The number of rotatable bonds is 4. The molecule has 2 N–H and O–H groups in total. The number of ether oxygens (including phenoxy) is 1. The lowest BCUT2D eigenvalue weighted by molar-refractivity contribution is -0.141. The number of nitrogens with one attached hydrogen (secondary N) is 2. The quantitative estimate of drug-likeness (QED) is 0.595. The summed E-state index contributed by atoms with van der Waals surface area (Å²) < 4.78 is 5.61. The topological polar surface area (TPSA) is 149 Å². The van der Waals surface area contributed by atoms with E-state index in [1.165, 1.54) is 7.11 Å². The molecule has 12 heteroatoms. The van der Waals surface area contributed by atoms with Crippen LogP contribution in [0.4, 0.5) is 0 Å². The van der Waals surface area contributed by atoms with Crippen LogP contribution in [-0.4, -0.2) is 48.5 Å². The molecule has 2 aromatic heterocycles. The van der Waals surface area contributed by atoms with Gasteiger partial charge in [0.15, 0.2) is 5.03 Å². The first-order chi connectivity index (χ1) is 9.10. The Morgan fingerprint density at radius 2 is 2.26 bits per heavy atom. The van der Waals surface area contributed by atoms with Crippen LogP contribution in [-0.2, 0) is 16.1 Å². The smallest absolute Gasteiger partial charge is 0.342 e. The molecule has 0 aliphatic carbocycles. The highest BCUT2D eigenvalue weighted by molar-refractivity contribution is 7.99. The number of nitrogens with zero attached hydrogens (tertiary/aromatic N) is 5. The Hall–Kier alpha value is -2.50. The van der Waals surface area contributed by atoms with Gasteiger partial charge in [-0.3, -0.25) is 14.6 Å². The van der Waals surface area contributed by atoms with Crippen LogP contribution >= 0.6 is 11.8 Å². The molecule has 0 unspecified atom stereocenters. The molecule has 2 rings (SSSR count). The van der Waals surface area contributed by atoms with Gasteiger partial charge in [0.2, 0.25) is 5.16 Å². The van der Waals surface area contributed by atoms with Gasteiger partial charge in [-0.15, -0.1) is 5.10 Å². The minimum Gasteiger partial charge on any atom is -0.468 e. The van der Waals surface area contributed by atoms with E-state index in [0.717, 1.165) is 16.4 Å². The zero-order chi connectivity index (χ0) is 13.8. The Bertz CT molecular complexity index is 704. The lowest BCUT2D eigenvalue weighted by atomic mass is 10.7. The molecule has 2 heterocycles. The van der Waals surface area contributed by atoms with Gasteiger partial charge in [-0.1, -0.05) is 0 Å². The Morgan fingerprint density at radius 3 is 2.95 bits per heavy atom. The summed E-state index contributed by atoms with van der Waals surface area (Å²) in [4.78, 5) is 35.4. The van der Waals surface area contributed by atoms with Gasteiger partial charge >= 0.3 is 11.7 Å². The number of hydrogen-bond acceptors (Lipinski definition) is 9. The number of hydrogen-bond donors (Lipinski definition) is 2. The number of carbonyl (C=O) groups excluding carboxylic acids is 1. The number of tetrazole rings is 1. The van der Waals surface area contributed by atoms with Crippen molar-refractivity contribution in [3.8, 4) is 0 Å². The zero-order valence-corrected chi connectivity index (χ0v) is 10.3. The number of esters is 1. The van der Waals surface area contributed by atoms with Gasteiger partial charge in [-0.25, -0.2) is 14.6 Å². The largest absolute Gasteiger partial charge is 0.468 e. The Balaban J connectivity index is 2.24. The van der Waals surface area contributed by atoms with E-state index in [-0.39, 0.29) is 16.7 Å². The number of carbonyl (C=O) groups is 1. The van der Waals surface area contributed by atoms with E-state index in [1.807, 2.05) is 4.98 Å². The molecular formula is C7H7N7O4S. The maximum atomic E-state index is 11.4. The van der Waals surface area contributed by atoms with Crippen LogP contribution < -0.4 is 11.2 Å². The molecule has 0 fully saturated rings. The van der Waals surface area contributed by atoms with Gasteiger partial charge in [0.05, 0.1) is 7.11 Å². The highest BCUT2D eigenvalue weighted by Crippen LogP contribution is 2.18. The fourth-order valence-electron chi connectivity index (χ4n) is 1.05. The van der Waals surface area contributed by atoms with E-state index in [4.69, 9.17) is 0 Å². The first-order valence-corrected chi connectivity index (χ1v) is 5.61. The summed E-state index contributed by atoms with van der Waals surface area (Å²) in [7, 11) is 1.23. The van der Waals surface area contributed by atoms with Crippen molar-refractivity contribution in [2.45, 2.75) is 16.7 Å². The Labute approximate surface area is 108 Å². The van der Waals surface area contributed by atoms with Crippen LogP contribution in [0.1, 0.15) is 0 Å². The summed E-state index contributed by atoms with van der Waals surface area (Å²) in [6, 6.07) is 0. The molecule has 19 heavy (non-hydrogen) atoms. The molecule has 0 amide bonds. The molecule has 0 bridgehead atoms. The molecule has 11 nitrogen and oxygen atoms in total. The molecule has 0 aliphatic rings. The summed E-state index contributed by atoms with van der Waals surface area (Å²) >= 11 is 0.803. The molecule has 0 saturated carbocycles. The highest BCUT2D eigenvalue weighted by atomic mass is 32.2. The third-order valence-corrected chi connectivity index (χ3v) is 2.82. The molecular weight excluding hydrogens is 278 g/mol. The molecule has 0 aromatic carbocycles. The van der Waals surface area contributed by atoms with E-state index in [9.17, 15) is 14.4 Å². The van der Waals surface area contributed by atoms with Crippen molar-refractivity contribution in [3.05, 3.63) is 20.8 Å². The first-order valence-electron chi connectivity index (χ1n) is 4.80. The van der Waals surface area contributed by atoms with Gasteiger partial charge in [0.25, 0.3) is 5.56 Å². The third-order valence-electron chi connectivity index (χ3n) is 1.87. The van der Waals surface area contributed by atoms with Crippen molar-refractivity contribution in [1.82, 2.24) is 35.4 Å². The SMILES string of the molecule is COC(=O)Cn1nnnc1Sc1n[nH]c(=O)[nH]c1=O. The van der Waals surface area contributed by atoms with Crippen LogP contribution in [0.2, 0.25) is 0 Å². The summed E-state index contributed by atoms with van der Waals surface area (Å²) in [6.45, 7) is -0.201. The summed E-state index contributed by atoms with van der Waals surface area (Å²) in [5.74, 6) is -0.544. The lowest BCUT2D eigenvalue weighted by Gasteiger charge is -2.01.